The van der Waals surface area contributed by atoms with E-state index in [-0.39, 0.29) is 5.69 Å². The molecule has 0 bridgehead atoms. The average molecular weight is 377 g/mol. The molecule has 0 radical (unpaired) electrons. The molecule has 4 rings (SSSR count). The molecule has 0 saturated heterocycles. The van der Waals surface area contributed by atoms with E-state index in [9.17, 15) is 13.9 Å². The molecule has 0 spiro atoms. The smallest absolute Gasteiger partial charge is 0.148 e. The van der Waals surface area contributed by atoms with Crippen LogP contribution in [0.1, 0.15) is 19.3 Å². The molecule has 2 N–H and O–H groups in total. The van der Waals surface area contributed by atoms with Crippen molar-refractivity contribution in [2.45, 2.75) is 31.4 Å². The summed E-state index contributed by atoms with van der Waals surface area (Å²) in [5.41, 5.74) is 1.94. The Hall–Kier alpha value is -1.83. The molecule has 2 aromatic carbocycles. The monoisotopic (exact) mass is 377 g/mol. The summed E-state index contributed by atoms with van der Waals surface area (Å²) in [5, 5.41) is 13.5. The minimum absolute atomic E-state index is 0.195. The van der Waals surface area contributed by atoms with Gasteiger partial charge in [0, 0.05) is 25.2 Å². The van der Waals surface area contributed by atoms with Crippen molar-refractivity contribution in [3.8, 4) is 0 Å². The first-order chi connectivity index (χ1) is 12.6. The van der Waals surface area contributed by atoms with Crippen molar-refractivity contribution < 1.29 is 13.9 Å². The first kappa shape index (κ1) is 17.6. The number of hydrogen-bond acceptors (Lipinski definition) is 5. The van der Waals surface area contributed by atoms with Crippen LogP contribution >= 0.6 is 12.1 Å². The maximum Gasteiger partial charge on any atom is 0.148 e. The second-order valence-electron chi connectivity index (χ2n) is 6.69. The van der Waals surface area contributed by atoms with Gasteiger partial charge in [0.15, 0.2) is 0 Å². The van der Waals surface area contributed by atoms with Crippen LogP contribution in [0.2, 0.25) is 0 Å². The molecule has 138 valence electrons. The summed E-state index contributed by atoms with van der Waals surface area (Å²) in [7, 11) is 0. The van der Waals surface area contributed by atoms with E-state index in [0.717, 1.165) is 23.5 Å². The molecule has 0 aromatic heterocycles. The average Bonchev–Trinajstić information content (AvgIpc) is 3.41. The Morgan fingerprint density at radius 2 is 1.88 bits per heavy atom. The van der Waals surface area contributed by atoms with Gasteiger partial charge in [0.2, 0.25) is 0 Å². The van der Waals surface area contributed by atoms with Gasteiger partial charge in [0.25, 0.3) is 0 Å². The third-order valence-corrected chi connectivity index (χ3v) is 5.69. The second-order valence-corrected chi connectivity index (χ2v) is 7.66. The Bertz CT molecular complexity index is 787. The molecule has 1 saturated carbocycles. The quantitative estimate of drug-likeness (QED) is 0.714. The van der Waals surface area contributed by atoms with Gasteiger partial charge in [-0.15, -0.1) is 0 Å². The zero-order chi connectivity index (χ0) is 18.1. The highest BCUT2D eigenvalue weighted by Gasteiger charge is 2.30. The van der Waals surface area contributed by atoms with Gasteiger partial charge in [-0.3, -0.25) is 8.61 Å². The van der Waals surface area contributed by atoms with Gasteiger partial charge in [-0.1, -0.05) is 12.1 Å². The maximum atomic E-state index is 14.3. The lowest BCUT2D eigenvalue weighted by atomic mass is 10.2. The maximum absolute atomic E-state index is 14.3. The number of nitrogens with one attached hydrogen (secondary N) is 1. The first-order valence-corrected chi connectivity index (χ1v) is 9.56. The molecule has 1 aliphatic carbocycles. The Morgan fingerprint density at radius 1 is 1.12 bits per heavy atom. The molecule has 4 nitrogen and oxygen atoms in total. The van der Waals surface area contributed by atoms with Crippen molar-refractivity contribution >= 4 is 29.2 Å². The summed E-state index contributed by atoms with van der Waals surface area (Å²) in [6.45, 7) is 1.20. The van der Waals surface area contributed by atoms with Crippen LogP contribution in [0.3, 0.4) is 0 Å². The molecule has 1 fully saturated rings. The van der Waals surface area contributed by atoms with Gasteiger partial charge in [-0.2, -0.15) is 0 Å². The van der Waals surface area contributed by atoms with E-state index in [2.05, 4.69) is 5.32 Å². The molecule has 1 aliphatic heterocycles. The van der Waals surface area contributed by atoms with Crippen LogP contribution in [0.25, 0.3) is 0 Å². The van der Waals surface area contributed by atoms with Gasteiger partial charge in [-0.05, 0) is 43.5 Å². The molecule has 26 heavy (non-hydrogen) atoms. The highest BCUT2D eigenvalue weighted by molar-refractivity contribution is 8.02. The van der Waals surface area contributed by atoms with Crippen molar-refractivity contribution in [1.82, 2.24) is 5.32 Å². The summed E-state index contributed by atoms with van der Waals surface area (Å²) >= 11 is 1.32. The molecule has 1 atom stereocenters. The topological polar surface area (TPSA) is 38.7 Å². The number of rotatable bonds is 7. The summed E-state index contributed by atoms with van der Waals surface area (Å²) in [4.78, 5) is 0. The van der Waals surface area contributed by atoms with Gasteiger partial charge in [0.05, 0.1) is 35.3 Å². The summed E-state index contributed by atoms with van der Waals surface area (Å²) in [6, 6.07) is 11.7. The number of fused-ring (bicyclic) bond motifs is 1. The van der Waals surface area contributed by atoms with Crippen molar-refractivity contribution in [3.63, 3.8) is 0 Å². The van der Waals surface area contributed by atoms with Crippen LogP contribution < -0.4 is 13.9 Å². The van der Waals surface area contributed by atoms with Gasteiger partial charge in [-0.25, -0.2) is 8.78 Å². The molecule has 2 aliphatic rings. The van der Waals surface area contributed by atoms with E-state index in [1.165, 1.54) is 31.0 Å². The van der Waals surface area contributed by atoms with E-state index >= 15 is 0 Å². The molecule has 2 aromatic rings. The number of benzene rings is 2. The molecule has 7 heteroatoms. The summed E-state index contributed by atoms with van der Waals surface area (Å²) in [5.74, 6) is -0.941. The van der Waals surface area contributed by atoms with Crippen LogP contribution in [-0.2, 0) is 0 Å². The minimum Gasteiger partial charge on any atom is -0.392 e. The number of anilines is 3. The fourth-order valence-electron chi connectivity index (χ4n) is 2.97. The summed E-state index contributed by atoms with van der Waals surface area (Å²) in [6.07, 6.45) is 2.55. The van der Waals surface area contributed by atoms with Crippen molar-refractivity contribution in [3.05, 3.63) is 54.1 Å². The Kier molecular flexibility index (Phi) is 5.02. The minimum atomic E-state index is -0.473. The molecule has 0 amide bonds. The molecular formula is C19H21F2N3OS. The number of hydrogen-bond donors (Lipinski definition) is 2. The predicted molar refractivity (Wildman–Crippen MR) is 102 cm³/mol. The highest BCUT2D eigenvalue weighted by atomic mass is 32.2. The third-order valence-electron chi connectivity index (χ3n) is 4.56. The predicted octanol–water partition coefficient (Wildman–Crippen LogP) is 3.99. The van der Waals surface area contributed by atoms with Gasteiger partial charge < -0.3 is 10.4 Å². The van der Waals surface area contributed by atoms with E-state index in [0.29, 0.717) is 25.6 Å². The van der Waals surface area contributed by atoms with E-state index in [1.807, 2.05) is 28.6 Å². The number of nitrogens with zero attached hydrogens (tertiary/aromatic N) is 2. The lowest BCUT2D eigenvalue weighted by molar-refractivity contribution is 0.164. The van der Waals surface area contributed by atoms with Crippen LogP contribution in [0.4, 0.5) is 25.8 Å². The van der Waals surface area contributed by atoms with Crippen LogP contribution in [0.15, 0.2) is 42.5 Å². The van der Waals surface area contributed by atoms with Gasteiger partial charge >= 0.3 is 0 Å². The number of para-hydroxylation sites is 2. The van der Waals surface area contributed by atoms with Crippen LogP contribution in [-0.4, -0.2) is 30.3 Å². The Morgan fingerprint density at radius 3 is 2.65 bits per heavy atom. The summed E-state index contributed by atoms with van der Waals surface area (Å²) < 4.78 is 31.6. The third kappa shape index (κ3) is 3.79. The molecular weight excluding hydrogens is 356 g/mol. The largest absolute Gasteiger partial charge is 0.392 e. The number of halogens is 2. The lowest BCUT2D eigenvalue weighted by Gasteiger charge is -2.21. The second kappa shape index (κ2) is 7.42. The van der Waals surface area contributed by atoms with Crippen molar-refractivity contribution in [1.29, 1.82) is 0 Å². The molecule has 1 heterocycles. The van der Waals surface area contributed by atoms with Crippen LogP contribution in [0, 0.1) is 11.6 Å². The first-order valence-electron chi connectivity index (χ1n) is 8.83. The molecule has 1 unspecified atom stereocenters. The lowest BCUT2D eigenvalue weighted by Crippen LogP contribution is -2.31. The van der Waals surface area contributed by atoms with E-state index in [4.69, 9.17) is 0 Å². The van der Waals surface area contributed by atoms with Crippen LogP contribution in [0.5, 0.6) is 0 Å². The zero-order valence-electron chi connectivity index (χ0n) is 14.2. The fraction of sp³-hybridized carbons (Fsp3) is 0.368. The zero-order valence-corrected chi connectivity index (χ0v) is 15.1. The standard InChI is InChI=1S/C19H21F2N3OS/c20-13-5-8-16(21)19(11-13)24-18-4-2-1-3-17(18)23(26-24)10-9-15(25)12-22-14-6-7-14/h1-5,8,11,14-15,22,25H,6-7,9-10,12H2. The Labute approximate surface area is 156 Å². The highest BCUT2D eigenvalue weighted by Crippen LogP contribution is 2.49. The Balaban J connectivity index is 1.48. The number of aliphatic hydroxyl groups excluding tert-OH is 1. The van der Waals surface area contributed by atoms with Gasteiger partial charge in [0.1, 0.15) is 11.6 Å². The SMILES string of the molecule is OC(CCN1SN(c2cc(F)ccc2F)c2ccccc21)CNC1CC1. The van der Waals surface area contributed by atoms with Crippen molar-refractivity contribution in [2.24, 2.45) is 0 Å². The van der Waals surface area contributed by atoms with E-state index < -0.39 is 17.7 Å². The fourth-order valence-corrected chi connectivity index (χ4v) is 4.07. The number of aliphatic hydroxyl groups is 1. The van der Waals surface area contributed by atoms with Crippen molar-refractivity contribution in [2.75, 3.05) is 21.7 Å². The van der Waals surface area contributed by atoms with E-state index in [1.54, 1.807) is 4.31 Å². The normalized spacial score (nSPS) is 17.5.